The number of rotatable bonds is 3. The Morgan fingerprint density at radius 1 is 0.968 bits per heavy atom. The van der Waals surface area contributed by atoms with Crippen molar-refractivity contribution in [3.63, 3.8) is 0 Å². The van der Waals surface area contributed by atoms with Crippen LogP contribution in [0.2, 0.25) is 0 Å². The van der Waals surface area contributed by atoms with E-state index in [1.807, 2.05) is 35.2 Å². The summed E-state index contributed by atoms with van der Waals surface area (Å²) in [4.78, 5) is 4.33. The molecule has 0 aliphatic carbocycles. The molecule has 4 saturated heterocycles. The number of hydrogen-bond donors (Lipinski definition) is 3. The van der Waals surface area contributed by atoms with Gasteiger partial charge in [-0.2, -0.15) is 0 Å². The van der Waals surface area contributed by atoms with Crippen LogP contribution in [-0.2, 0) is 6.42 Å². The molecule has 0 saturated carbocycles. The number of anilines is 1. The number of fused-ring (bicyclic) bond motifs is 3. The molecule has 0 spiro atoms. The summed E-state index contributed by atoms with van der Waals surface area (Å²) < 4.78 is 0. The minimum Gasteiger partial charge on any atom is -0.389 e. The van der Waals surface area contributed by atoms with Crippen molar-refractivity contribution in [3.8, 4) is 11.8 Å². The fourth-order valence-electron chi connectivity index (χ4n) is 5.20. The van der Waals surface area contributed by atoms with Crippen molar-refractivity contribution in [2.24, 2.45) is 5.92 Å². The molecule has 0 amide bonds. The van der Waals surface area contributed by atoms with Crippen LogP contribution in [0.3, 0.4) is 0 Å². The van der Waals surface area contributed by atoms with E-state index in [1.165, 1.54) is 5.56 Å². The Bertz CT molecular complexity index is 981. The van der Waals surface area contributed by atoms with Gasteiger partial charge in [0.2, 0.25) is 0 Å². The molecule has 2 bridgehead atoms. The second-order valence-electron chi connectivity index (χ2n) is 9.27. The summed E-state index contributed by atoms with van der Waals surface area (Å²) in [6.45, 7) is 3.62. The van der Waals surface area contributed by atoms with Gasteiger partial charge in [0.25, 0.3) is 0 Å². The maximum absolute atomic E-state index is 11.2. The SMILES string of the molecule is OC1CN(c2ccc(C#C[C@@]3(O)CN4CCC3CC4)c(Cc3ccccc3)c2)CC1O. The Morgan fingerprint density at radius 2 is 1.68 bits per heavy atom. The van der Waals surface area contributed by atoms with Gasteiger partial charge in [-0.3, -0.25) is 4.90 Å². The van der Waals surface area contributed by atoms with E-state index in [1.54, 1.807) is 0 Å². The molecule has 5 heteroatoms. The highest BCUT2D eigenvalue weighted by Gasteiger charge is 2.44. The lowest BCUT2D eigenvalue weighted by molar-refractivity contribution is -0.0713. The first-order chi connectivity index (χ1) is 15.0. The van der Waals surface area contributed by atoms with Crippen LogP contribution in [-0.4, -0.2) is 70.8 Å². The molecule has 3 N–H and O–H groups in total. The van der Waals surface area contributed by atoms with Crippen molar-refractivity contribution < 1.29 is 15.3 Å². The van der Waals surface area contributed by atoms with Gasteiger partial charge in [0.05, 0.1) is 12.2 Å². The molecular formula is C26H30N2O3. The molecule has 4 fully saturated rings. The first kappa shape index (κ1) is 20.5. The number of aliphatic hydroxyl groups is 3. The molecule has 2 aromatic rings. The van der Waals surface area contributed by atoms with Crippen LogP contribution in [0.15, 0.2) is 48.5 Å². The van der Waals surface area contributed by atoms with Gasteiger partial charge >= 0.3 is 0 Å². The van der Waals surface area contributed by atoms with Gasteiger partial charge < -0.3 is 20.2 Å². The van der Waals surface area contributed by atoms with E-state index in [0.717, 1.165) is 49.2 Å². The molecule has 162 valence electrons. The molecular weight excluding hydrogens is 388 g/mol. The molecule has 2 unspecified atom stereocenters. The molecule has 4 aliphatic heterocycles. The van der Waals surface area contributed by atoms with Crippen molar-refractivity contribution in [2.75, 3.05) is 37.6 Å². The summed E-state index contributed by atoms with van der Waals surface area (Å²) in [5.41, 5.74) is 3.27. The monoisotopic (exact) mass is 418 g/mol. The zero-order valence-electron chi connectivity index (χ0n) is 17.7. The average Bonchev–Trinajstić information content (AvgIpc) is 3.12. The summed E-state index contributed by atoms with van der Waals surface area (Å²) >= 11 is 0. The molecule has 4 aliphatic rings. The van der Waals surface area contributed by atoms with Gasteiger partial charge in [0.15, 0.2) is 0 Å². The van der Waals surface area contributed by atoms with E-state index < -0.39 is 17.8 Å². The largest absolute Gasteiger partial charge is 0.389 e. The molecule has 31 heavy (non-hydrogen) atoms. The second-order valence-corrected chi connectivity index (χ2v) is 9.27. The lowest BCUT2D eigenvalue weighted by atomic mass is 9.75. The first-order valence-electron chi connectivity index (χ1n) is 11.3. The Hall–Kier alpha value is -2.36. The number of β-amino-alcohol motifs (C(OH)–C–C–N with tert-alkyl or cyclic N) is 2. The van der Waals surface area contributed by atoms with Crippen LogP contribution in [0.25, 0.3) is 0 Å². The Morgan fingerprint density at radius 3 is 2.32 bits per heavy atom. The third-order valence-electron chi connectivity index (χ3n) is 7.09. The van der Waals surface area contributed by atoms with Gasteiger partial charge in [-0.15, -0.1) is 0 Å². The zero-order valence-corrected chi connectivity index (χ0v) is 17.7. The van der Waals surface area contributed by atoms with Crippen LogP contribution in [0.5, 0.6) is 0 Å². The van der Waals surface area contributed by atoms with Crippen molar-refractivity contribution in [2.45, 2.75) is 37.1 Å². The lowest BCUT2D eigenvalue weighted by Gasteiger charge is -2.47. The summed E-state index contributed by atoms with van der Waals surface area (Å²) in [7, 11) is 0. The topological polar surface area (TPSA) is 67.2 Å². The molecule has 6 rings (SSSR count). The molecule has 3 atom stereocenters. The number of benzene rings is 2. The predicted octanol–water partition coefficient (Wildman–Crippen LogP) is 1.63. The molecule has 5 nitrogen and oxygen atoms in total. The highest BCUT2D eigenvalue weighted by Crippen LogP contribution is 2.35. The average molecular weight is 419 g/mol. The quantitative estimate of drug-likeness (QED) is 0.661. The van der Waals surface area contributed by atoms with Crippen molar-refractivity contribution in [1.82, 2.24) is 4.90 Å². The minimum atomic E-state index is -0.928. The summed E-state index contributed by atoms with van der Waals surface area (Å²) in [6, 6.07) is 16.4. The van der Waals surface area contributed by atoms with Crippen LogP contribution in [0.1, 0.15) is 29.5 Å². The van der Waals surface area contributed by atoms with Crippen molar-refractivity contribution >= 4 is 5.69 Å². The number of piperidine rings is 3. The van der Waals surface area contributed by atoms with Crippen molar-refractivity contribution in [1.29, 1.82) is 0 Å². The van der Waals surface area contributed by atoms with Gasteiger partial charge in [0, 0.05) is 36.8 Å². The Kier molecular flexibility index (Phi) is 5.49. The maximum Gasteiger partial charge on any atom is 0.141 e. The third-order valence-corrected chi connectivity index (χ3v) is 7.09. The van der Waals surface area contributed by atoms with Crippen LogP contribution in [0, 0.1) is 17.8 Å². The number of hydrogen-bond acceptors (Lipinski definition) is 5. The summed E-state index contributed by atoms with van der Waals surface area (Å²) in [5.74, 6) is 6.82. The highest BCUT2D eigenvalue weighted by molar-refractivity contribution is 5.57. The fourth-order valence-corrected chi connectivity index (χ4v) is 5.20. The number of nitrogens with zero attached hydrogens (tertiary/aromatic N) is 2. The van der Waals surface area contributed by atoms with Crippen LogP contribution in [0.4, 0.5) is 5.69 Å². The lowest BCUT2D eigenvalue weighted by Crippen LogP contribution is -2.58. The Labute approximate surface area is 183 Å². The van der Waals surface area contributed by atoms with Crippen LogP contribution < -0.4 is 4.90 Å². The van der Waals surface area contributed by atoms with Gasteiger partial charge in [-0.25, -0.2) is 0 Å². The third kappa shape index (κ3) is 4.22. The molecule has 2 aromatic carbocycles. The highest BCUT2D eigenvalue weighted by atomic mass is 16.3. The molecule has 0 aromatic heterocycles. The van der Waals surface area contributed by atoms with E-state index in [2.05, 4.69) is 34.9 Å². The maximum atomic E-state index is 11.2. The second kappa shape index (κ2) is 8.29. The standard InChI is InChI=1S/C26H30N2O3/c29-24-16-28(17-25(24)30)23-7-6-20(21(15-23)14-19-4-2-1-3-5-19)8-11-26(31)18-27-12-9-22(26)10-13-27/h1-7,15,22,24-25,29-31H,9-10,12-14,16-18H2/t24?,25?,26-/m1/s1. The Balaban J connectivity index is 1.46. The molecule has 4 heterocycles. The van der Waals surface area contributed by atoms with E-state index in [9.17, 15) is 15.3 Å². The smallest absolute Gasteiger partial charge is 0.141 e. The predicted molar refractivity (Wildman–Crippen MR) is 121 cm³/mol. The van der Waals surface area contributed by atoms with E-state index in [-0.39, 0.29) is 5.92 Å². The summed E-state index contributed by atoms with van der Waals surface area (Å²) in [5, 5.41) is 31.1. The van der Waals surface area contributed by atoms with E-state index in [4.69, 9.17) is 0 Å². The van der Waals surface area contributed by atoms with E-state index in [0.29, 0.717) is 19.6 Å². The van der Waals surface area contributed by atoms with Crippen molar-refractivity contribution in [3.05, 3.63) is 65.2 Å². The zero-order chi connectivity index (χ0) is 21.4. The minimum absolute atomic E-state index is 0.259. The summed E-state index contributed by atoms with van der Waals surface area (Å²) in [6.07, 6.45) is 1.33. The van der Waals surface area contributed by atoms with Crippen LogP contribution >= 0.6 is 0 Å². The first-order valence-corrected chi connectivity index (χ1v) is 11.3. The normalized spacial score (nSPS) is 32.0. The van der Waals surface area contributed by atoms with Gasteiger partial charge in [-0.1, -0.05) is 42.2 Å². The number of aliphatic hydroxyl groups excluding tert-OH is 2. The van der Waals surface area contributed by atoms with Gasteiger partial charge in [0.1, 0.15) is 5.60 Å². The van der Waals surface area contributed by atoms with Gasteiger partial charge in [-0.05, 0) is 61.7 Å². The van der Waals surface area contributed by atoms with E-state index >= 15 is 0 Å². The molecule has 0 radical (unpaired) electrons. The fraction of sp³-hybridized carbons (Fsp3) is 0.462.